The summed E-state index contributed by atoms with van der Waals surface area (Å²) in [5, 5.41) is 0. The van der Waals surface area contributed by atoms with E-state index in [0.717, 1.165) is 4.48 Å². The maximum absolute atomic E-state index is 2.43. The van der Waals surface area contributed by atoms with Crippen LogP contribution >= 0.6 is 0 Å². The van der Waals surface area contributed by atoms with Crippen LogP contribution in [0.1, 0.15) is 90.9 Å². The molecule has 0 aliphatic carbocycles. The third-order valence-electron chi connectivity index (χ3n) is 5.38. The van der Waals surface area contributed by atoms with Gasteiger partial charge in [0, 0.05) is 12.8 Å². The maximum Gasteiger partial charge on any atom is 0.0786 e. The second kappa shape index (κ2) is 14.1. The van der Waals surface area contributed by atoms with Gasteiger partial charge in [0.15, 0.2) is 0 Å². The number of likely N-dealkylation sites (tertiary alicyclic amines) is 1. The Morgan fingerprint density at radius 3 is 1.62 bits per heavy atom. The van der Waals surface area contributed by atoms with E-state index < -0.39 is 0 Å². The van der Waals surface area contributed by atoms with Gasteiger partial charge in [-0.2, -0.15) is 0 Å². The summed E-state index contributed by atoms with van der Waals surface area (Å²) < 4.78 is 2.48. The molecule has 0 atom stereocenters. The molecule has 0 saturated carbocycles. The molecule has 0 N–H and O–H groups in total. The number of unbranched alkanes of at least 4 members (excludes halogenated alkanes) is 8. The Bertz CT molecular complexity index is 262. The van der Waals surface area contributed by atoms with E-state index in [0.29, 0.717) is 0 Å². The summed E-state index contributed by atoms with van der Waals surface area (Å²) in [5.74, 6) is 0. The summed E-state index contributed by atoms with van der Waals surface area (Å²) in [7, 11) is 9.24. The molecule has 0 unspecified atom stereocenters. The molecule has 0 radical (unpaired) electrons. The van der Waals surface area contributed by atoms with Gasteiger partial charge < -0.3 is 8.97 Å². The van der Waals surface area contributed by atoms with Gasteiger partial charge >= 0.3 is 0 Å². The second-order valence-electron chi connectivity index (χ2n) is 9.34. The highest BCUT2D eigenvalue weighted by Gasteiger charge is 2.25. The molecule has 1 heterocycles. The third kappa shape index (κ3) is 15.4. The lowest BCUT2D eigenvalue weighted by Crippen LogP contribution is -2.41. The van der Waals surface area contributed by atoms with Gasteiger partial charge in [-0.15, -0.1) is 0 Å². The van der Waals surface area contributed by atoms with Crippen molar-refractivity contribution in [3.8, 4) is 0 Å². The van der Waals surface area contributed by atoms with Gasteiger partial charge in [-0.3, -0.25) is 0 Å². The first-order valence-corrected chi connectivity index (χ1v) is 11.0. The highest BCUT2D eigenvalue weighted by atomic mass is 15.3. The fraction of sp³-hybridized carbons (Fsp3) is 1.00. The van der Waals surface area contributed by atoms with Crippen molar-refractivity contribution >= 4 is 0 Å². The zero-order valence-electron chi connectivity index (χ0n) is 18.2. The fourth-order valence-electron chi connectivity index (χ4n) is 3.61. The summed E-state index contributed by atoms with van der Waals surface area (Å²) in [6, 6.07) is 0. The summed E-state index contributed by atoms with van der Waals surface area (Å²) in [5.41, 5.74) is 0. The Balaban J connectivity index is 0.000000441. The largest absolute Gasteiger partial charge is 0.331 e. The minimum atomic E-state index is 1.12. The van der Waals surface area contributed by atoms with Crippen LogP contribution in [0.25, 0.3) is 0 Å². The molecule has 1 rings (SSSR count). The minimum absolute atomic E-state index is 1.12. The van der Waals surface area contributed by atoms with Crippen molar-refractivity contribution in [1.29, 1.82) is 0 Å². The van der Waals surface area contributed by atoms with Crippen molar-refractivity contribution in [2.75, 3.05) is 54.4 Å². The molecule has 1 saturated heterocycles. The van der Waals surface area contributed by atoms with Crippen LogP contribution in [0.3, 0.4) is 0 Å². The quantitative estimate of drug-likeness (QED) is 0.308. The first-order chi connectivity index (χ1) is 11.3. The van der Waals surface area contributed by atoms with Crippen LogP contribution in [0, 0.1) is 0 Å². The SMILES string of the molecule is CCCCCCCC[N+](C)(C)C.CCCCCC[N+]1(C)CCCC1. The Morgan fingerprint density at radius 1 is 0.667 bits per heavy atom. The molecule has 2 nitrogen and oxygen atoms in total. The lowest BCUT2D eigenvalue weighted by molar-refractivity contribution is -0.897. The molecular weight excluding hydrogens is 292 g/mol. The zero-order valence-corrected chi connectivity index (χ0v) is 18.2. The Morgan fingerprint density at radius 2 is 1.12 bits per heavy atom. The summed E-state index contributed by atoms with van der Waals surface area (Å²) in [6.45, 7) is 10.2. The van der Waals surface area contributed by atoms with Crippen molar-refractivity contribution in [3.05, 3.63) is 0 Å². The van der Waals surface area contributed by atoms with Gasteiger partial charge in [0.05, 0.1) is 54.4 Å². The molecule has 0 spiro atoms. The van der Waals surface area contributed by atoms with E-state index in [1.165, 1.54) is 108 Å². The molecule has 1 fully saturated rings. The summed E-state index contributed by atoms with van der Waals surface area (Å²) >= 11 is 0. The van der Waals surface area contributed by atoms with Gasteiger partial charge in [-0.25, -0.2) is 0 Å². The highest BCUT2D eigenvalue weighted by molar-refractivity contribution is 4.52. The first kappa shape index (κ1) is 23.9. The smallest absolute Gasteiger partial charge is 0.0786 e. The predicted octanol–water partition coefficient (Wildman–Crippen LogP) is 5.86. The van der Waals surface area contributed by atoms with Crippen molar-refractivity contribution in [1.82, 2.24) is 0 Å². The number of rotatable bonds is 12. The molecule has 0 aromatic heterocycles. The number of hydrogen-bond donors (Lipinski definition) is 0. The summed E-state index contributed by atoms with van der Waals surface area (Å²) in [4.78, 5) is 0. The van der Waals surface area contributed by atoms with Crippen molar-refractivity contribution < 1.29 is 8.97 Å². The fourth-order valence-corrected chi connectivity index (χ4v) is 3.61. The molecule has 2 heteroatoms. The molecule has 0 bridgehead atoms. The van der Waals surface area contributed by atoms with Crippen molar-refractivity contribution in [2.45, 2.75) is 90.9 Å². The third-order valence-corrected chi connectivity index (χ3v) is 5.38. The van der Waals surface area contributed by atoms with Gasteiger partial charge in [0.1, 0.15) is 0 Å². The minimum Gasteiger partial charge on any atom is -0.331 e. The lowest BCUT2D eigenvalue weighted by Gasteiger charge is -2.29. The van der Waals surface area contributed by atoms with Crippen LogP contribution in [0.2, 0.25) is 0 Å². The van der Waals surface area contributed by atoms with Crippen LogP contribution < -0.4 is 0 Å². The average Bonchev–Trinajstić information content (AvgIpc) is 2.94. The Hall–Kier alpha value is -0.0800. The van der Waals surface area contributed by atoms with E-state index >= 15 is 0 Å². The van der Waals surface area contributed by atoms with E-state index in [9.17, 15) is 0 Å². The highest BCUT2D eigenvalue weighted by Crippen LogP contribution is 2.17. The van der Waals surface area contributed by atoms with Gasteiger partial charge in [0.2, 0.25) is 0 Å². The molecule has 0 amide bonds. The molecule has 1 aliphatic heterocycles. The van der Waals surface area contributed by atoms with E-state index in [2.05, 4.69) is 42.0 Å². The molecule has 146 valence electrons. The average molecular weight is 343 g/mol. The Kier molecular flexibility index (Phi) is 14.1. The van der Waals surface area contributed by atoms with E-state index in [-0.39, 0.29) is 0 Å². The van der Waals surface area contributed by atoms with Crippen LogP contribution in [0.4, 0.5) is 0 Å². The van der Waals surface area contributed by atoms with E-state index in [4.69, 9.17) is 0 Å². The first-order valence-electron chi connectivity index (χ1n) is 11.0. The normalized spacial score (nSPS) is 16.8. The monoisotopic (exact) mass is 342 g/mol. The zero-order chi connectivity index (χ0) is 18.3. The predicted molar refractivity (Wildman–Crippen MR) is 110 cm³/mol. The molecule has 0 aromatic rings. The number of quaternary nitrogens is 2. The maximum atomic E-state index is 2.43. The van der Waals surface area contributed by atoms with Gasteiger partial charge in [0.25, 0.3) is 0 Å². The van der Waals surface area contributed by atoms with Crippen molar-refractivity contribution in [2.24, 2.45) is 0 Å². The van der Waals surface area contributed by atoms with Crippen molar-refractivity contribution in [3.63, 3.8) is 0 Å². The van der Waals surface area contributed by atoms with Gasteiger partial charge in [-0.1, -0.05) is 52.4 Å². The summed E-state index contributed by atoms with van der Waals surface area (Å²) in [6.07, 6.45) is 17.1. The van der Waals surface area contributed by atoms with Crippen LogP contribution in [0.5, 0.6) is 0 Å². The standard InChI is InChI=1S/C11H24N.C11H26N/c1-3-4-5-6-9-12(2)10-7-8-11-12;1-5-6-7-8-9-10-11-12(2,3)4/h3-11H2,1-2H3;5-11H2,1-4H3/q2*+1. The number of hydrogen-bond acceptors (Lipinski definition) is 0. The molecule has 24 heavy (non-hydrogen) atoms. The molecular formula is C22H50N2+2. The lowest BCUT2D eigenvalue weighted by atomic mass is 10.1. The number of nitrogens with zero attached hydrogens (tertiary/aromatic N) is 2. The van der Waals surface area contributed by atoms with E-state index in [1.807, 2.05) is 0 Å². The topological polar surface area (TPSA) is 0 Å². The van der Waals surface area contributed by atoms with Crippen LogP contribution in [0.15, 0.2) is 0 Å². The van der Waals surface area contributed by atoms with E-state index in [1.54, 1.807) is 0 Å². The molecule has 1 aliphatic rings. The van der Waals surface area contributed by atoms with Crippen LogP contribution in [-0.2, 0) is 0 Å². The second-order valence-corrected chi connectivity index (χ2v) is 9.34. The van der Waals surface area contributed by atoms with Crippen LogP contribution in [-0.4, -0.2) is 63.3 Å². The van der Waals surface area contributed by atoms with Gasteiger partial charge in [-0.05, 0) is 25.7 Å². The molecule has 0 aromatic carbocycles. The Labute approximate surface area is 154 Å².